The van der Waals surface area contributed by atoms with Crippen molar-refractivity contribution in [1.29, 1.82) is 0 Å². The van der Waals surface area contributed by atoms with Crippen LogP contribution in [0.3, 0.4) is 0 Å². The average Bonchev–Trinajstić information content (AvgIpc) is 3.07. The van der Waals surface area contributed by atoms with Gasteiger partial charge in [-0.1, -0.05) is 95.3 Å². The maximum absolute atomic E-state index is 2.41. The highest BCUT2D eigenvalue weighted by Crippen LogP contribution is 2.42. The fourth-order valence-corrected chi connectivity index (χ4v) is 4.38. The third-order valence-electron chi connectivity index (χ3n) is 5.76. The molecule has 0 heteroatoms. The first-order valence-corrected chi connectivity index (χ1v) is 11.3. The minimum Gasteiger partial charge on any atom is -0.0842 e. The van der Waals surface area contributed by atoms with Crippen LogP contribution in [0.2, 0.25) is 0 Å². The molecule has 3 aliphatic rings. The van der Waals surface area contributed by atoms with Crippen LogP contribution >= 0.6 is 0 Å². The van der Waals surface area contributed by atoms with Crippen molar-refractivity contribution in [3.8, 4) is 0 Å². The minimum absolute atomic E-state index is 0.493. The van der Waals surface area contributed by atoms with Crippen LogP contribution in [-0.2, 0) is 0 Å². The predicted molar refractivity (Wildman–Crippen MR) is 128 cm³/mol. The summed E-state index contributed by atoms with van der Waals surface area (Å²) in [7, 11) is 0. The monoisotopic (exact) mass is 374 g/mol. The molecule has 0 radical (unpaired) electrons. The van der Waals surface area contributed by atoms with Crippen molar-refractivity contribution >= 4 is 11.6 Å². The number of allylic oxidation sites excluding steroid dienone is 9. The number of fused-ring (bicyclic) bond motifs is 1. The molecule has 0 saturated carbocycles. The summed E-state index contributed by atoms with van der Waals surface area (Å²) in [6.07, 6.45) is 21.2. The smallest absolute Gasteiger partial charge is 0.0133 e. The number of hydrogen-bond donors (Lipinski definition) is 0. The molecular weight excluding hydrogens is 336 g/mol. The zero-order valence-electron chi connectivity index (χ0n) is 18.8. The van der Waals surface area contributed by atoms with Crippen LogP contribution in [0.1, 0.15) is 89.8 Å². The molecule has 2 unspecified atom stereocenters. The van der Waals surface area contributed by atoms with E-state index in [0.717, 1.165) is 12.8 Å². The van der Waals surface area contributed by atoms with Crippen molar-refractivity contribution in [2.24, 2.45) is 5.92 Å². The SMILES string of the molecule is CC.CC.CC1=CCC=Cc2c1cccc2C1CC=CC2=C1C=CCCC2C. The molecule has 0 saturated heterocycles. The fourth-order valence-electron chi connectivity index (χ4n) is 4.38. The Hall–Kier alpha value is -2.08. The van der Waals surface area contributed by atoms with Gasteiger partial charge in [-0.05, 0) is 71.9 Å². The van der Waals surface area contributed by atoms with Crippen LogP contribution in [0.25, 0.3) is 11.6 Å². The summed E-state index contributed by atoms with van der Waals surface area (Å²) < 4.78 is 0. The Morgan fingerprint density at radius 2 is 1.61 bits per heavy atom. The van der Waals surface area contributed by atoms with Gasteiger partial charge in [-0.3, -0.25) is 0 Å². The summed E-state index contributed by atoms with van der Waals surface area (Å²) in [5, 5.41) is 0. The van der Waals surface area contributed by atoms with Gasteiger partial charge in [0.1, 0.15) is 0 Å². The van der Waals surface area contributed by atoms with Gasteiger partial charge >= 0.3 is 0 Å². The minimum atomic E-state index is 0.493. The maximum atomic E-state index is 2.41. The Balaban J connectivity index is 0.000000660. The molecule has 1 aromatic carbocycles. The third-order valence-corrected chi connectivity index (χ3v) is 5.76. The molecule has 0 amide bonds. The van der Waals surface area contributed by atoms with Gasteiger partial charge < -0.3 is 0 Å². The van der Waals surface area contributed by atoms with E-state index in [1.165, 1.54) is 35.1 Å². The van der Waals surface area contributed by atoms with Crippen LogP contribution in [0, 0.1) is 5.92 Å². The molecule has 1 aromatic rings. The first-order valence-electron chi connectivity index (χ1n) is 11.3. The molecule has 0 N–H and O–H groups in total. The summed E-state index contributed by atoms with van der Waals surface area (Å²) >= 11 is 0. The number of rotatable bonds is 1. The van der Waals surface area contributed by atoms with Gasteiger partial charge in [-0.15, -0.1) is 0 Å². The van der Waals surface area contributed by atoms with Crippen LogP contribution in [-0.4, -0.2) is 0 Å². The van der Waals surface area contributed by atoms with Gasteiger partial charge in [-0.25, -0.2) is 0 Å². The van der Waals surface area contributed by atoms with Crippen molar-refractivity contribution < 1.29 is 0 Å². The highest BCUT2D eigenvalue weighted by Gasteiger charge is 2.26. The van der Waals surface area contributed by atoms with E-state index in [1.54, 1.807) is 11.1 Å². The average molecular weight is 375 g/mol. The van der Waals surface area contributed by atoms with E-state index < -0.39 is 0 Å². The van der Waals surface area contributed by atoms with E-state index in [4.69, 9.17) is 0 Å². The summed E-state index contributed by atoms with van der Waals surface area (Å²) in [5.41, 5.74) is 8.85. The standard InChI is InChI=1S/C24H26.2C2H6/c1-17-9-3-5-11-21-19(17)13-7-15-23(21)24-16-8-14-20-18(2)10-4-6-12-22(20)24;2*1-2/h5-9,11-15,18,24H,3-4,10,16H2,1-2H3;2*1-2H3. The molecule has 0 nitrogen and oxygen atoms in total. The molecule has 0 heterocycles. The lowest BCUT2D eigenvalue weighted by Gasteiger charge is -2.28. The molecule has 0 bridgehead atoms. The molecule has 150 valence electrons. The Kier molecular flexibility index (Phi) is 8.77. The Morgan fingerprint density at radius 1 is 0.857 bits per heavy atom. The molecule has 0 fully saturated rings. The van der Waals surface area contributed by atoms with Gasteiger partial charge in [0.15, 0.2) is 0 Å². The fraction of sp³-hybridized carbons (Fsp3) is 0.429. The van der Waals surface area contributed by atoms with E-state index in [1.807, 2.05) is 27.7 Å². The summed E-state index contributed by atoms with van der Waals surface area (Å²) in [6.45, 7) is 12.6. The van der Waals surface area contributed by atoms with Crippen LogP contribution < -0.4 is 0 Å². The number of benzene rings is 1. The second-order valence-corrected chi connectivity index (χ2v) is 7.32. The van der Waals surface area contributed by atoms with E-state index >= 15 is 0 Å². The van der Waals surface area contributed by atoms with E-state index in [-0.39, 0.29) is 0 Å². The summed E-state index contributed by atoms with van der Waals surface area (Å²) in [4.78, 5) is 0. The Morgan fingerprint density at radius 3 is 2.39 bits per heavy atom. The van der Waals surface area contributed by atoms with E-state index in [9.17, 15) is 0 Å². The second-order valence-electron chi connectivity index (χ2n) is 7.32. The number of hydrogen-bond acceptors (Lipinski definition) is 0. The molecule has 4 rings (SSSR count). The highest BCUT2D eigenvalue weighted by molar-refractivity contribution is 5.77. The highest BCUT2D eigenvalue weighted by atomic mass is 14.3. The predicted octanol–water partition coefficient (Wildman–Crippen LogP) is 8.89. The molecule has 3 aliphatic carbocycles. The summed E-state index contributed by atoms with van der Waals surface area (Å²) in [6, 6.07) is 6.87. The lowest BCUT2D eigenvalue weighted by molar-refractivity contribution is 0.624. The van der Waals surface area contributed by atoms with Gasteiger partial charge in [-0.2, -0.15) is 0 Å². The molecular formula is C28H38. The normalized spacial score (nSPS) is 22.4. The lowest BCUT2D eigenvalue weighted by atomic mass is 9.76. The third kappa shape index (κ3) is 4.66. The zero-order chi connectivity index (χ0) is 20.5. The van der Waals surface area contributed by atoms with Gasteiger partial charge in [0.2, 0.25) is 0 Å². The lowest BCUT2D eigenvalue weighted by Crippen LogP contribution is -2.11. The largest absolute Gasteiger partial charge is 0.0842 e. The van der Waals surface area contributed by atoms with Crippen molar-refractivity contribution in [2.75, 3.05) is 0 Å². The molecule has 0 aliphatic heterocycles. The van der Waals surface area contributed by atoms with Crippen molar-refractivity contribution in [3.63, 3.8) is 0 Å². The topological polar surface area (TPSA) is 0 Å². The zero-order valence-corrected chi connectivity index (χ0v) is 18.8. The first kappa shape index (κ1) is 22.2. The first-order chi connectivity index (χ1) is 13.8. The Labute approximate surface area is 173 Å². The van der Waals surface area contributed by atoms with Gasteiger partial charge in [0.05, 0.1) is 0 Å². The maximum Gasteiger partial charge on any atom is 0.0133 e. The quantitative estimate of drug-likeness (QED) is 0.460. The Bertz CT molecular complexity index is 795. The van der Waals surface area contributed by atoms with Crippen LogP contribution in [0.5, 0.6) is 0 Å². The van der Waals surface area contributed by atoms with Crippen molar-refractivity contribution in [3.05, 3.63) is 82.5 Å². The van der Waals surface area contributed by atoms with Crippen molar-refractivity contribution in [2.45, 2.75) is 73.1 Å². The second kappa shape index (κ2) is 11.1. The van der Waals surface area contributed by atoms with Crippen LogP contribution in [0.4, 0.5) is 0 Å². The van der Waals surface area contributed by atoms with E-state index in [0.29, 0.717) is 11.8 Å². The van der Waals surface area contributed by atoms with E-state index in [2.05, 4.69) is 74.6 Å². The molecule has 0 spiro atoms. The summed E-state index contributed by atoms with van der Waals surface area (Å²) in [5.74, 6) is 1.15. The molecule has 0 aromatic heterocycles. The van der Waals surface area contributed by atoms with Crippen LogP contribution in [0.15, 0.2) is 65.8 Å². The van der Waals surface area contributed by atoms with Crippen molar-refractivity contribution in [1.82, 2.24) is 0 Å². The van der Waals surface area contributed by atoms with Gasteiger partial charge in [0.25, 0.3) is 0 Å². The molecule has 2 atom stereocenters. The van der Waals surface area contributed by atoms with Gasteiger partial charge in [0, 0.05) is 5.92 Å². The molecule has 28 heavy (non-hydrogen) atoms.